The highest BCUT2D eigenvalue weighted by Crippen LogP contribution is 2.35. The summed E-state index contributed by atoms with van der Waals surface area (Å²) in [5.41, 5.74) is 7.26. The number of carbonyl (C=O) groups is 2. The lowest BCUT2D eigenvalue weighted by Crippen LogP contribution is -2.50. The number of amides is 1. The molecule has 2 aromatic heterocycles. The Morgan fingerprint density at radius 2 is 1.87 bits per heavy atom. The first-order chi connectivity index (χ1) is 22.7. The van der Waals surface area contributed by atoms with E-state index < -0.39 is 5.82 Å². The highest BCUT2D eigenvalue weighted by Gasteiger charge is 2.27. The van der Waals surface area contributed by atoms with Crippen LogP contribution in [0.3, 0.4) is 0 Å². The molecule has 252 valence electrons. The molecule has 1 amide bonds. The summed E-state index contributed by atoms with van der Waals surface area (Å²) in [6.45, 7) is 4.01. The molecular formula is C34H43ClFN7O4. The number of halogens is 2. The number of likely N-dealkylation sites (tertiary alicyclic amines) is 1. The molecule has 47 heavy (non-hydrogen) atoms. The molecule has 1 aliphatic rings. The summed E-state index contributed by atoms with van der Waals surface area (Å²) >= 11 is 5.93. The fraction of sp³-hybridized carbons (Fsp3) is 0.441. The predicted molar refractivity (Wildman–Crippen MR) is 181 cm³/mol. The van der Waals surface area contributed by atoms with Crippen LogP contribution in [-0.2, 0) is 22.4 Å². The van der Waals surface area contributed by atoms with Crippen molar-refractivity contribution in [2.24, 2.45) is 11.7 Å². The molecule has 0 aliphatic carbocycles. The quantitative estimate of drug-likeness (QED) is 0.122. The monoisotopic (exact) mass is 667 g/mol. The Bertz CT molecular complexity index is 1640. The molecule has 13 heteroatoms. The van der Waals surface area contributed by atoms with Gasteiger partial charge in [0.1, 0.15) is 29.6 Å². The van der Waals surface area contributed by atoms with Gasteiger partial charge < -0.3 is 30.4 Å². The number of nitrogens with two attached hydrogens (primary N) is 1. The van der Waals surface area contributed by atoms with Crippen molar-refractivity contribution in [3.8, 4) is 11.5 Å². The second-order valence-electron chi connectivity index (χ2n) is 11.6. The number of primary amides is 1. The fourth-order valence-corrected chi connectivity index (χ4v) is 5.28. The average molecular weight is 668 g/mol. The van der Waals surface area contributed by atoms with Crippen LogP contribution in [0.1, 0.15) is 57.0 Å². The summed E-state index contributed by atoms with van der Waals surface area (Å²) < 4.78 is 25.2. The van der Waals surface area contributed by atoms with Gasteiger partial charge in [0, 0.05) is 67.8 Å². The van der Waals surface area contributed by atoms with E-state index in [1.54, 1.807) is 19.2 Å². The van der Waals surface area contributed by atoms with Gasteiger partial charge in [-0.2, -0.15) is 0 Å². The van der Waals surface area contributed by atoms with Crippen molar-refractivity contribution in [3.63, 3.8) is 0 Å². The number of aromatic nitrogens is 4. The van der Waals surface area contributed by atoms with Crippen molar-refractivity contribution >= 4 is 45.7 Å². The number of nitrogens with zero attached hydrogens (tertiary/aromatic N) is 4. The van der Waals surface area contributed by atoms with Gasteiger partial charge in [-0.1, -0.05) is 31.4 Å². The van der Waals surface area contributed by atoms with E-state index in [4.69, 9.17) is 26.8 Å². The Kier molecular flexibility index (Phi) is 13.3. The molecule has 0 atom stereocenters. The highest BCUT2D eigenvalue weighted by molar-refractivity contribution is 6.31. The first kappa shape index (κ1) is 35.6. The normalized spacial score (nSPS) is 13.0. The summed E-state index contributed by atoms with van der Waals surface area (Å²) in [5.74, 6) is 2.43. The van der Waals surface area contributed by atoms with Gasteiger partial charge in [-0.3, -0.25) is 9.59 Å². The topological polar surface area (TPSA) is 148 Å². The molecule has 0 bridgehead atoms. The molecule has 4 aromatic rings. The number of carbonyl (C=O) groups excluding carboxylic acids is 2. The molecule has 0 spiro atoms. The number of hydrogen-bond donors (Lipinski definition) is 3. The highest BCUT2D eigenvalue weighted by atomic mass is 35.5. The van der Waals surface area contributed by atoms with E-state index in [1.165, 1.54) is 18.5 Å². The van der Waals surface area contributed by atoms with Crippen molar-refractivity contribution in [2.75, 3.05) is 39.2 Å². The minimum Gasteiger partial charge on any atom is -0.493 e. The van der Waals surface area contributed by atoms with Gasteiger partial charge in [0.05, 0.1) is 30.2 Å². The Hall–Kier alpha value is -4.29. The molecule has 1 aliphatic heterocycles. The van der Waals surface area contributed by atoms with Crippen LogP contribution in [0.4, 0.5) is 15.9 Å². The Balaban J connectivity index is 0.000000546. The maximum Gasteiger partial charge on any atom is 0.223 e. The number of Topliss-reactive ketones (excluding diaryl/α,β-unsaturated/α-hetero) is 1. The Labute approximate surface area is 279 Å². The Morgan fingerprint density at radius 1 is 1.09 bits per heavy atom. The molecule has 1 fully saturated rings. The third-order valence-electron chi connectivity index (χ3n) is 7.89. The standard InChI is InChI=1S/C29H33ClFN5O3.C5H10N2O/c1-3-21(37)8-6-4-5-7-9-28-32-17-20(35-28)12-13-39-27-15-22-25(16-26(27)38-2)33-18-34-29(22)36-19-10-11-24(31)23(30)14-19;1-7-2-4(3-7)5(6)8/h10-11,14-18H,3-9,12-13H2,1-2H3,(H,32,35)(H,33,34,36);4H,2-3H2,1H3,(H2,6,8). The zero-order chi connectivity index (χ0) is 33.8. The summed E-state index contributed by atoms with van der Waals surface area (Å²) in [6, 6.07) is 8.00. The number of benzene rings is 2. The van der Waals surface area contributed by atoms with Gasteiger partial charge in [-0.15, -0.1) is 0 Å². The second-order valence-corrected chi connectivity index (χ2v) is 12.0. The number of aryl methyl sites for hydroxylation is 1. The first-order valence-corrected chi connectivity index (χ1v) is 16.2. The van der Waals surface area contributed by atoms with Gasteiger partial charge in [0.2, 0.25) is 5.91 Å². The number of unbranched alkanes of at least 4 members (excludes halogenated alkanes) is 3. The smallest absolute Gasteiger partial charge is 0.223 e. The molecule has 2 aromatic carbocycles. The van der Waals surface area contributed by atoms with Crippen LogP contribution >= 0.6 is 11.6 Å². The minimum absolute atomic E-state index is 0.0196. The number of methoxy groups -OCH3 is 1. The van der Waals surface area contributed by atoms with Crippen LogP contribution < -0.4 is 20.5 Å². The van der Waals surface area contributed by atoms with Gasteiger partial charge in [0.15, 0.2) is 11.5 Å². The van der Waals surface area contributed by atoms with E-state index in [0.717, 1.165) is 62.1 Å². The van der Waals surface area contributed by atoms with Crippen LogP contribution in [0.25, 0.3) is 10.9 Å². The van der Waals surface area contributed by atoms with Crippen molar-refractivity contribution in [3.05, 3.63) is 65.2 Å². The number of imidazole rings is 1. The summed E-state index contributed by atoms with van der Waals surface area (Å²) in [7, 11) is 3.55. The Morgan fingerprint density at radius 3 is 2.55 bits per heavy atom. The molecule has 5 rings (SSSR count). The van der Waals surface area contributed by atoms with Crippen LogP contribution in [0.5, 0.6) is 11.5 Å². The summed E-state index contributed by atoms with van der Waals surface area (Å²) in [4.78, 5) is 40.3. The first-order valence-electron chi connectivity index (χ1n) is 15.9. The van der Waals surface area contributed by atoms with Crippen molar-refractivity contribution in [1.82, 2.24) is 24.8 Å². The largest absolute Gasteiger partial charge is 0.493 e. The van der Waals surface area contributed by atoms with E-state index in [-0.39, 0.29) is 16.8 Å². The van der Waals surface area contributed by atoms with Gasteiger partial charge >= 0.3 is 0 Å². The number of ether oxygens (including phenoxy) is 2. The maximum absolute atomic E-state index is 13.6. The van der Waals surface area contributed by atoms with Gasteiger partial charge in [-0.25, -0.2) is 19.3 Å². The van der Waals surface area contributed by atoms with Crippen LogP contribution in [-0.4, -0.2) is 70.4 Å². The predicted octanol–water partition coefficient (Wildman–Crippen LogP) is 6.02. The van der Waals surface area contributed by atoms with E-state index in [0.29, 0.717) is 60.2 Å². The van der Waals surface area contributed by atoms with Crippen LogP contribution in [0.15, 0.2) is 42.9 Å². The molecule has 1 saturated heterocycles. The zero-order valence-corrected chi connectivity index (χ0v) is 27.9. The number of nitrogens with one attached hydrogen (secondary N) is 2. The zero-order valence-electron chi connectivity index (χ0n) is 27.2. The lowest BCUT2D eigenvalue weighted by Gasteiger charge is -2.33. The third-order valence-corrected chi connectivity index (χ3v) is 8.18. The fourth-order valence-electron chi connectivity index (χ4n) is 5.10. The van der Waals surface area contributed by atoms with Crippen molar-refractivity contribution in [1.29, 1.82) is 0 Å². The average Bonchev–Trinajstić information content (AvgIpc) is 3.50. The van der Waals surface area contributed by atoms with Crippen LogP contribution in [0, 0.1) is 11.7 Å². The number of aromatic amines is 1. The molecule has 0 saturated carbocycles. The SMILES string of the molecule is CCC(=O)CCCCCCc1ncc(CCOc2cc3c(Nc4ccc(F)c(Cl)c4)ncnc3cc2OC)[nH]1.CN1CC(C(N)=O)C1. The lowest BCUT2D eigenvalue weighted by atomic mass is 10.0. The molecule has 4 N–H and O–H groups in total. The van der Waals surface area contributed by atoms with Crippen molar-refractivity contribution in [2.45, 2.75) is 58.3 Å². The number of anilines is 2. The van der Waals surface area contributed by atoms with Crippen LogP contribution in [0.2, 0.25) is 5.02 Å². The molecule has 11 nitrogen and oxygen atoms in total. The maximum atomic E-state index is 13.6. The minimum atomic E-state index is -0.490. The molecule has 3 heterocycles. The van der Waals surface area contributed by atoms with E-state index in [2.05, 4.69) is 30.2 Å². The second kappa shape index (κ2) is 17.6. The van der Waals surface area contributed by atoms with Gasteiger partial charge in [0.25, 0.3) is 0 Å². The molecule has 0 unspecified atom stereocenters. The number of rotatable bonds is 16. The van der Waals surface area contributed by atoms with E-state index in [9.17, 15) is 14.0 Å². The number of hydrogen-bond acceptors (Lipinski definition) is 9. The summed E-state index contributed by atoms with van der Waals surface area (Å²) in [6.07, 6.45) is 10.3. The third kappa shape index (κ3) is 10.6. The number of H-pyrrole nitrogens is 1. The number of fused-ring (bicyclic) bond motifs is 1. The summed E-state index contributed by atoms with van der Waals surface area (Å²) in [5, 5.41) is 3.91. The molecular weight excluding hydrogens is 625 g/mol. The van der Waals surface area contributed by atoms with E-state index >= 15 is 0 Å². The van der Waals surface area contributed by atoms with E-state index in [1.807, 2.05) is 26.2 Å². The van der Waals surface area contributed by atoms with Crippen molar-refractivity contribution < 1.29 is 23.5 Å². The number of ketones is 1. The molecule has 0 radical (unpaired) electrons. The van der Waals surface area contributed by atoms with Gasteiger partial charge in [-0.05, 0) is 44.2 Å². The lowest BCUT2D eigenvalue weighted by molar-refractivity contribution is -0.126.